The van der Waals surface area contributed by atoms with E-state index in [2.05, 4.69) is 20.1 Å². The molecular weight excluding hydrogens is 409 g/mol. The highest BCUT2D eigenvalue weighted by molar-refractivity contribution is 6.04. The number of aromatic nitrogens is 5. The van der Waals surface area contributed by atoms with Crippen LogP contribution in [0.5, 0.6) is 0 Å². The first-order valence-electron chi connectivity index (χ1n) is 9.23. The molecule has 0 aliphatic heterocycles. The third-order valence-electron chi connectivity index (χ3n) is 4.80. The summed E-state index contributed by atoms with van der Waals surface area (Å²) in [5, 5.41) is 4.12. The molecule has 0 aliphatic carbocycles. The normalized spacial score (nSPS) is 11.7. The number of carbonyl (C=O) groups excluding carboxylic acids is 1. The van der Waals surface area contributed by atoms with Crippen molar-refractivity contribution in [3.05, 3.63) is 65.7 Å². The molecule has 0 N–H and O–H groups in total. The number of benzene rings is 1. The van der Waals surface area contributed by atoms with E-state index in [4.69, 9.17) is 0 Å². The van der Waals surface area contributed by atoms with Crippen molar-refractivity contribution in [2.75, 3.05) is 11.9 Å². The topological polar surface area (TPSA) is 76.8 Å². The highest BCUT2D eigenvalue weighted by Crippen LogP contribution is 2.30. The Bertz CT molecular complexity index is 1300. The minimum absolute atomic E-state index is 0.0635. The van der Waals surface area contributed by atoms with Gasteiger partial charge in [-0.2, -0.15) is 18.3 Å². The van der Waals surface area contributed by atoms with Gasteiger partial charge >= 0.3 is 6.18 Å². The van der Waals surface area contributed by atoms with E-state index >= 15 is 0 Å². The van der Waals surface area contributed by atoms with Crippen LogP contribution in [0.2, 0.25) is 0 Å². The lowest BCUT2D eigenvalue weighted by molar-refractivity contribution is -0.140. The van der Waals surface area contributed by atoms with Crippen molar-refractivity contribution in [3.8, 4) is 11.4 Å². The molecule has 3 heterocycles. The van der Waals surface area contributed by atoms with Gasteiger partial charge in [-0.1, -0.05) is 0 Å². The zero-order chi connectivity index (χ0) is 22.3. The number of rotatable bonds is 3. The number of nitrogens with zero attached hydrogens (tertiary/aromatic N) is 6. The van der Waals surface area contributed by atoms with Gasteiger partial charge in [0.25, 0.3) is 5.91 Å². The summed E-state index contributed by atoms with van der Waals surface area (Å²) in [4.78, 5) is 26.2. The SMILES string of the molecule is Cc1cc(N(C)C(=O)c2ccn(C)n2)ccc1-c1ncc2nc(C(F)(F)F)ccc2n1. The van der Waals surface area contributed by atoms with Gasteiger partial charge < -0.3 is 4.90 Å². The van der Waals surface area contributed by atoms with E-state index in [1.54, 1.807) is 43.2 Å². The number of fused-ring (bicyclic) bond motifs is 1. The van der Waals surface area contributed by atoms with Crippen molar-refractivity contribution < 1.29 is 18.0 Å². The number of alkyl halides is 3. The van der Waals surface area contributed by atoms with Gasteiger partial charge in [-0.3, -0.25) is 9.48 Å². The fraction of sp³-hybridized carbons (Fsp3) is 0.190. The minimum Gasteiger partial charge on any atom is -0.310 e. The maximum absolute atomic E-state index is 12.8. The largest absolute Gasteiger partial charge is 0.433 e. The van der Waals surface area contributed by atoms with Crippen LogP contribution in [0.1, 0.15) is 21.7 Å². The molecule has 0 atom stereocenters. The maximum Gasteiger partial charge on any atom is 0.433 e. The second kappa shape index (κ2) is 7.46. The lowest BCUT2D eigenvalue weighted by atomic mass is 10.1. The molecular formula is C21H17F3N6O. The highest BCUT2D eigenvalue weighted by Gasteiger charge is 2.32. The number of aryl methyl sites for hydroxylation is 2. The highest BCUT2D eigenvalue weighted by atomic mass is 19.4. The molecule has 0 unspecified atom stereocenters. The summed E-state index contributed by atoms with van der Waals surface area (Å²) < 4.78 is 40.1. The maximum atomic E-state index is 12.8. The zero-order valence-electron chi connectivity index (χ0n) is 16.8. The van der Waals surface area contributed by atoms with Crippen LogP contribution in [0, 0.1) is 6.92 Å². The first-order chi connectivity index (χ1) is 14.6. The summed E-state index contributed by atoms with van der Waals surface area (Å²) in [5.74, 6) is 0.109. The van der Waals surface area contributed by atoms with Crippen molar-refractivity contribution >= 4 is 22.6 Å². The Morgan fingerprint density at radius 3 is 2.48 bits per heavy atom. The molecule has 4 aromatic rings. The Labute approximate surface area is 175 Å². The monoisotopic (exact) mass is 426 g/mol. The third kappa shape index (κ3) is 3.96. The summed E-state index contributed by atoms with van der Waals surface area (Å²) in [7, 11) is 3.39. The van der Waals surface area contributed by atoms with Gasteiger partial charge in [-0.15, -0.1) is 0 Å². The van der Waals surface area contributed by atoms with E-state index in [1.165, 1.54) is 17.2 Å². The van der Waals surface area contributed by atoms with Crippen LogP contribution in [-0.2, 0) is 13.2 Å². The Kier molecular flexibility index (Phi) is 4.92. The van der Waals surface area contributed by atoms with E-state index < -0.39 is 11.9 Å². The number of hydrogen-bond acceptors (Lipinski definition) is 5. The van der Waals surface area contributed by atoms with Gasteiger partial charge in [0.05, 0.1) is 11.7 Å². The molecule has 1 amide bonds. The summed E-state index contributed by atoms with van der Waals surface area (Å²) >= 11 is 0. The number of carbonyl (C=O) groups is 1. The summed E-state index contributed by atoms with van der Waals surface area (Å²) in [6, 6.07) is 9.15. The zero-order valence-corrected chi connectivity index (χ0v) is 16.8. The number of anilines is 1. The van der Waals surface area contributed by atoms with Gasteiger partial charge in [-0.05, 0) is 48.9 Å². The molecule has 158 valence electrons. The van der Waals surface area contributed by atoms with Crippen LogP contribution < -0.4 is 4.90 Å². The van der Waals surface area contributed by atoms with E-state index in [-0.39, 0.29) is 11.4 Å². The molecule has 4 rings (SSSR count). The third-order valence-corrected chi connectivity index (χ3v) is 4.80. The first-order valence-corrected chi connectivity index (χ1v) is 9.23. The van der Waals surface area contributed by atoms with Crippen LogP contribution in [-0.4, -0.2) is 37.7 Å². The van der Waals surface area contributed by atoms with Crippen molar-refractivity contribution in [2.24, 2.45) is 7.05 Å². The quantitative estimate of drug-likeness (QED) is 0.494. The summed E-state index contributed by atoms with van der Waals surface area (Å²) in [6.07, 6.45) is -1.56. The van der Waals surface area contributed by atoms with E-state index in [1.807, 2.05) is 13.0 Å². The number of amides is 1. The predicted molar refractivity (Wildman–Crippen MR) is 108 cm³/mol. The molecule has 0 radical (unpaired) electrons. The average molecular weight is 426 g/mol. The van der Waals surface area contributed by atoms with Crippen molar-refractivity contribution in [3.63, 3.8) is 0 Å². The fourth-order valence-electron chi connectivity index (χ4n) is 3.14. The molecule has 0 spiro atoms. The smallest absolute Gasteiger partial charge is 0.310 e. The predicted octanol–water partition coefficient (Wildman–Crippen LogP) is 4.03. The minimum atomic E-state index is -4.53. The first kappa shape index (κ1) is 20.5. The second-order valence-corrected chi connectivity index (χ2v) is 7.03. The number of halogens is 3. The van der Waals surface area contributed by atoms with Gasteiger partial charge in [0.1, 0.15) is 11.2 Å². The Morgan fingerprint density at radius 2 is 1.84 bits per heavy atom. The van der Waals surface area contributed by atoms with Crippen molar-refractivity contribution in [1.82, 2.24) is 24.7 Å². The average Bonchev–Trinajstić information content (AvgIpc) is 3.17. The molecule has 0 fully saturated rings. The number of pyridine rings is 1. The van der Waals surface area contributed by atoms with Crippen LogP contribution in [0.15, 0.2) is 48.8 Å². The van der Waals surface area contributed by atoms with Gasteiger partial charge in [0, 0.05) is 31.5 Å². The molecule has 0 bridgehead atoms. The standard InChI is InChI=1S/C21H17F3N6O/c1-12-10-13(30(3)20(31)16-8-9-29(2)28-16)4-5-14(12)19-25-11-17-15(27-19)6-7-18(26-17)21(22,23)24/h4-11H,1-3H3. The lowest BCUT2D eigenvalue weighted by Gasteiger charge is -2.18. The van der Waals surface area contributed by atoms with E-state index in [0.717, 1.165) is 11.6 Å². The van der Waals surface area contributed by atoms with Crippen molar-refractivity contribution in [1.29, 1.82) is 0 Å². The Balaban J connectivity index is 1.64. The molecule has 31 heavy (non-hydrogen) atoms. The molecule has 0 saturated carbocycles. The van der Waals surface area contributed by atoms with Crippen LogP contribution >= 0.6 is 0 Å². The molecule has 3 aromatic heterocycles. The molecule has 7 nitrogen and oxygen atoms in total. The van der Waals surface area contributed by atoms with Gasteiger partial charge in [0.2, 0.25) is 0 Å². The van der Waals surface area contributed by atoms with E-state index in [9.17, 15) is 18.0 Å². The Morgan fingerprint density at radius 1 is 1.06 bits per heavy atom. The number of hydrogen-bond donors (Lipinski definition) is 0. The molecule has 0 aliphatic rings. The second-order valence-electron chi connectivity index (χ2n) is 7.03. The summed E-state index contributed by atoms with van der Waals surface area (Å²) in [6.45, 7) is 1.84. The van der Waals surface area contributed by atoms with Crippen LogP contribution in [0.4, 0.5) is 18.9 Å². The van der Waals surface area contributed by atoms with Crippen LogP contribution in [0.25, 0.3) is 22.4 Å². The fourth-order valence-corrected chi connectivity index (χ4v) is 3.14. The Hall–Kier alpha value is -3.82. The van der Waals surface area contributed by atoms with Crippen LogP contribution in [0.3, 0.4) is 0 Å². The van der Waals surface area contributed by atoms with Crippen molar-refractivity contribution in [2.45, 2.75) is 13.1 Å². The summed E-state index contributed by atoms with van der Waals surface area (Å²) in [5.41, 5.74) is 1.88. The molecule has 0 saturated heterocycles. The van der Waals surface area contributed by atoms with E-state index in [0.29, 0.717) is 28.3 Å². The molecule has 10 heteroatoms. The van der Waals surface area contributed by atoms with Gasteiger partial charge in [-0.25, -0.2) is 15.0 Å². The lowest BCUT2D eigenvalue weighted by Crippen LogP contribution is -2.26. The van der Waals surface area contributed by atoms with Gasteiger partial charge in [0.15, 0.2) is 11.5 Å². The molecule has 1 aromatic carbocycles.